The highest BCUT2D eigenvalue weighted by Gasteiger charge is 2.16. The molecule has 1 atom stereocenters. The van der Waals surface area contributed by atoms with Crippen molar-refractivity contribution in [3.8, 4) is 0 Å². The Hall–Kier alpha value is -2.96. The van der Waals surface area contributed by atoms with Gasteiger partial charge in [0.05, 0.1) is 22.8 Å². The van der Waals surface area contributed by atoms with Gasteiger partial charge < -0.3 is 10.3 Å². The van der Waals surface area contributed by atoms with Crippen LogP contribution in [0.25, 0.3) is 11.0 Å². The zero-order valence-corrected chi connectivity index (χ0v) is 14.3. The topological polar surface area (TPSA) is 92.7 Å². The monoisotopic (exact) mass is 339 g/mol. The quantitative estimate of drug-likeness (QED) is 0.717. The zero-order chi connectivity index (χ0) is 17.8. The number of aromatic nitrogens is 4. The van der Waals surface area contributed by atoms with Crippen LogP contribution >= 0.6 is 0 Å². The molecule has 0 saturated carbocycles. The van der Waals surface area contributed by atoms with Crippen molar-refractivity contribution < 1.29 is 4.79 Å². The van der Waals surface area contributed by atoms with E-state index >= 15 is 0 Å². The second kappa shape index (κ2) is 7.29. The molecule has 130 valence electrons. The minimum absolute atomic E-state index is 0.0946. The van der Waals surface area contributed by atoms with Crippen LogP contribution in [-0.4, -0.2) is 25.7 Å². The minimum Gasteiger partial charge on any atom is -0.348 e. The molecule has 0 saturated heterocycles. The van der Waals surface area contributed by atoms with Crippen molar-refractivity contribution in [2.24, 2.45) is 7.05 Å². The van der Waals surface area contributed by atoms with Gasteiger partial charge in [0, 0.05) is 26.1 Å². The minimum atomic E-state index is -0.245. The molecule has 0 bridgehead atoms. The van der Waals surface area contributed by atoms with E-state index < -0.39 is 0 Å². The summed E-state index contributed by atoms with van der Waals surface area (Å²) in [6.07, 6.45) is 2.99. The van der Waals surface area contributed by atoms with E-state index in [9.17, 15) is 9.59 Å². The molecule has 0 radical (unpaired) electrons. The van der Waals surface area contributed by atoms with Crippen molar-refractivity contribution in [1.29, 1.82) is 0 Å². The third-order valence-electron chi connectivity index (χ3n) is 4.22. The van der Waals surface area contributed by atoms with Crippen LogP contribution < -0.4 is 10.9 Å². The van der Waals surface area contributed by atoms with Crippen LogP contribution in [0.4, 0.5) is 0 Å². The van der Waals surface area contributed by atoms with Gasteiger partial charge >= 0.3 is 0 Å². The summed E-state index contributed by atoms with van der Waals surface area (Å²) in [5.74, 6) is -0.109. The van der Waals surface area contributed by atoms with E-state index in [1.165, 1.54) is 0 Å². The van der Waals surface area contributed by atoms with Gasteiger partial charge in [-0.25, -0.2) is 4.98 Å². The molecule has 3 rings (SSSR count). The third-order valence-corrected chi connectivity index (χ3v) is 4.22. The number of hydrogen-bond acceptors (Lipinski definition) is 4. The first-order valence-electron chi connectivity index (χ1n) is 8.33. The van der Waals surface area contributed by atoms with Gasteiger partial charge in [0.1, 0.15) is 5.69 Å². The highest BCUT2D eigenvalue weighted by atomic mass is 16.1. The summed E-state index contributed by atoms with van der Waals surface area (Å²) in [4.78, 5) is 31.6. The number of rotatable bonds is 6. The second-order valence-electron chi connectivity index (χ2n) is 5.94. The van der Waals surface area contributed by atoms with Gasteiger partial charge in [-0.1, -0.05) is 19.1 Å². The van der Waals surface area contributed by atoms with Crippen molar-refractivity contribution >= 4 is 16.9 Å². The lowest BCUT2D eigenvalue weighted by molar-refractivity contribution is -0.121. The molecular weight excluding hydrogens is 318 g/mol. The Morgan fingerprint density at radius 2 is 2.12 bits per heavy atom. The number of nitrogens with zero attached hydrogens (tertiary/aromatic N) is 3. The Bertz CT molecular complexity index is 944. The molecule has 25 heavy (non-hydrogen) atoms. The number of benzene rings is 1. The molecule has 1 aromatic carbocycles. The van der Waals surface area contributed by atoms with Crippen molar-refractivity contribution in [1.82, 2.24) is 25.1 Å². The average Bonchev–Trinajstić information content (AvgIpc) is 3.03. The largest absolute Gasteiger partial charge is 0.348 e. The number of fused-ring (bicyclic) bond motifs is 1. The number of nitrogens with one attached hydrogen (secondary N) is 2. The Kier molecular flexibility index (Phi) is 4.92. The number of H-pyrrole nitrogens is 1. The number of para-hydroxylation sites is 2. The molecule has 0 fully saturated rings. The number of aryl methyl sites for hydroxylation is 2. The second-order valence-corrected chi connectivity index (χ2v) is 5.94. The Morgan fingerprint density at radius 3 is 2.84 bits per heavy atom. The normalized spacial score (nSPS) is 12.2. The maximum absolute atomic E-state index is 12.3. The Balaban J connectivity index is 1.67. The molecule has 0 aliphatic rings. The van der Waals surface area contributed by atoms with Crippen molar-refractivity contribution in [3.05, 3.63) is 58.3 Å². The lowest BCUT2D eigenvalue weighted by atomic mass is 10.1. The number of aromatic amines is 1. The molecule has 0 spiro atoms. The molecule has 1 amide bonds. The number of carbonyl (C=O) groups excluding carboxylic acids is 1. The Morgan fingerprint density at radius 1 is 1.32 bits per heavy atom. The van der Waals surface area contributed by atoms with E-state index in [0.717, 1.165) is 17.6 Å². The van der Waals surface area contributed by atoms with Gasteiger partial charge in [0.25, 0.3) is 5.56 Å². The van der Waals surface area contributed by atoms with Gasteiger partial charge in [0.15, 0.2) is 0 Å². The zero-order valence-electron chi connectivity index (χ0n) is 14.3. The Labute approximate surface area is 145 Å². The molecular formula is C18H21N5O2. The summed E-state index contributed by atoms with van der Waals surface area (Å²) in [7, 11) is 1.85. The molecule has 7 nitrogen and oxygen atoms in total. The molecule has 2 N–H and O–H groups in total. The van der Waals surface area contributed by atoms with Crippen LogP contribution in [0.2, 0.25) is 0 Å². The van der Waals surface area contributed by atoms with Crippen molar-refractivity contribution in [2.75, 3.05) is 0 Å². The van der Waals surface area contributed by atoms with Gasteiger partial charge in [-0.05, 0) is 24.6 Å². The molecule has 7 heteroatoms. The lowest BCUT2D eigenvalue weighted by Crippen LogP contribution is -2.30. The van der Waals surface area contributed by atoms with E-state index in [0.29, 0.717) is 17.6 Å². The van der Waals surface area contributed by atoms with Crippen LogP contribution in [0.1, 0.15) is 37.2 Å². The van der Waals surface area contributed by atoms with Gasteiger partial charge in [0.2, 0.25) is 5.91 Å². The van der Waals surface area contributed by atoms with E-state index in [1.54, 1.807) is 16.9 Å². The summed E-state index contributed by atoms with van der Waals surface area (Å²) in [6.45, 7) is 2.01. The van der Waals surface area contributed by atoms with Crippen molar-refractivity contribution in [3.63, 3.8) is 0 Å². The predicted octanol–water partition coefficient (Wildman–Crippen LogP) is 1.86. The molecule has 2 heterocycles. The first-order chi connectivity index (χ1) is 12.1. The maximum Gasteiger partial charge on any atom is 0.270 e. The van der Waals surface area contributed by atoms with E-state index in [-0.39, 0.29) is 23.9 Å². The lowest BCUT2D eigenvalue weighted by Gasteiger charge is -2.17. The smallest absolute Gasteiger partial charge is 0.270 e. The predicted molar refractivity (Wildman–Crippen MR) is 95.1 cm³/mol. The van der Waals surface area contributed by atoms with Crippen molar-refractivity contribution in [2.45, 2.75) is 32.2 Å². The SMILES string of the molecule is CCC(NC(=O)CCc1nc2ccccc2[nH]c1=O)c1ccnn1C. The van der Waals surface area contributed by atoms with Crippen LogP contribution in [0.3, 0.4) is 0 Å². The molecule has 0 aliphatic heterocycles. The van der Waals surface area contributed by atoms with Crippen LogP contribution in [-0.2, 0) is 18.3 Å². The summed E-state index contributed by atoms with van der Waals surface area (Å²) in [6, 6.07) is 9.15. The number of hydrogen-bond donors (Lipinski definition) is 2. The van der Waals surface area contributed by atoms with E-state index in [4.69, 9.17) is 0 Å². The summed E-state index contributed by atoms with van der Waals surface area (Å²) in [5, 5.41) is 7.13. The first kappa shape index (κ1) is 16.9. The standard InChI is InChI=1S/C18H21N5O2/c1-3-12(16-10-11-19-23(16)2)21-17(24)9-8-15-18(25)22-14-7-5-4-6-13(14)20-15/h4-7,10-12H,3,8-9H2,1-2H3,(H,21,24)(H,22,25). The third kappa shape index (κ3) is 3.76. The van der Waals surface area contributed by atoms with Gasteiger partial charge in [-0.3, -0.25) is 14.3 Å². The van der Waals surface area contributed by atoms with E-state index in [2.05, 4.69) is 20.4 Å². The number of carbonyl (C=O) groups is 1. The molecule has 3 aromatic rings. The fraction of sp³-hybridized carbons (Fsp3) is 0.333. The fourth-order valence-electron chi connectivity index (χ4n) is 2.85. The molecule has 1 unspecified atom stereocenters. The fourth-order valence-corrected chi connectivity index (χ4v) is 2.85. The highest BCUT2D eigenvalue weighted by molar-refractivity contribution is 5.77. The average molecular weight is 339 g/mol. The number of amides is 1. The van der Waals surface area contributed by atoms with Crippen LogP contribution in [0.5, 0.6) is 0 Å². The van der Waals surface area contributed by atoms with Crippen LogP contribution in [0.15, 0.2) is 41.3 Å². The summed E-state index contributed by atoms with van der Waals surface area (Å²) >= 11 is 0. The van der Waals surface area contributed by atoms with Gasteiger partial charge in [-0.15, -0.1) is 0 Å². The maximum atomic E-state index is 12.3. The highest BCUT2D eigenvalue weighted by Crippen LogP contribution is 2.15. The summed E-state index contributed by atoms with van der Waals surface area (Å²) in [5.41, 5.74) is 2.51. The van der Waals surface area contributed by atoms with Gasteiger partial charge in [-0.2, -0.15) is 5.10 Å². The van der Waals surface area contributed by atoms with Crippen LogP contribution in [0, 0.1) is 0 Å². The summed E-state index contributed by atoms with van der Waals surface area (Å²) < 4.78 is 1.75. The first-order valence-corrected chi connectivity index (χ1v) is 8.33. The molecule has 0 aliphatic carbocycles. The van der Waals surface area contributed by atoms with E-state index in [1.807, 2.05) is 38.2 Å². The molecule has 2 aromatic heterocycles.